The molecule has 2 unspecified atom stereocenters. The van der Waals surface area contributed by atoms with Crippen LogP contribution in [0.4, 0.5) is 0 Å². The molecule has 0 radical (unpaired) electrons. The van der Waals surface area contributed by atoms with E-state index in [1.165, 1.54) is 186 Å². The number of ether oxygens (including phenoxy) is 4. The molecule has 0 aromatic heterocycles. The Balaban J connectivity index is 5.24. The van der Waals surface area contributed by atoms with Gasteiger partial charge in [0.25, 0.3) is 0 Å². The van der Waals surface area contributed by atoms with Crippen LogP contribution in [0.5, 0.6) is 0 Å². The number of phosphoric ester groups is 2. The number of phosphoric acid groups is 2. The molecule has 554 valence electrons. The minimum Gasteiger partial charge on any atom is -0.462 e. The Morgan fingerprint density at radius 2 is 0.511 bits per heavy atom. The van der Waals surface area contributed by atoms with Gasteiger partial charge in [0.05, 0.1) is 26.4 Å². The number of hydrogen-bond acceptors (Lipinski definition) is 15. The highest BCUT2D eigenvalue weighted by Gasteiger charge is 2.30. The van der Waals surface area contributed by atoms with Crippen molar-refractivity contribution in [3.8, 4) is 0 Å². The maximum Gasteiger partial charge on any atom is 0.472 e. The lowest BCUT2D eigenvalue weighted by atomic mass is 10.0. The van der Waals surface area contributed by atoms with Crippen LogP contribution in [0.25, 0.3) is 0 Å². The Morgan fingerprint density at radius 3 is 0.777 bits per heavy atom. The van der Waals surface area contributed by atoms with Gasteiger partial charge in [0.2, 0.25) is 0 Å². The molecule has 0 spiro atoms. The first-order valence-corrected chi connectivity index (χ1v) is 41.6. The number of esters is 4. The second-order valence-corrected chi connectivity index (χ2v) is 29.3. The highest BCUT2D eigenvalue weighted by molar-refractivity contribution is 7.47. The summed E-state index contributed by atoms with van der Waals surface area (Å²) in [5.74, 6) is -2.15. The summed E-state index contributed by atoms with van der Waals surface area (Å²) in [6.07, 6.45) is 61.8. The number of rotatable bonds is 74. The minimum absolute atomic E-state index is 0.102. The van der Waals surface area contributed by atoms with Gasteiger partial charge in [-0.2, -0.15) is 0 Å². The Kier molecular flexibility index (Phi) is 67.2. The van der Waals surface area contributed by atoms with Gasteiger partial charge in [-0.1, -0.05) is 322 Å². The smallest absolute Gasteiger partial charge is 0.462 e. The SMILES string of the molecule is CCCCCC/C=C\C=C/CCCCCCCC(=O)OC[C@H](COP(=O)(O)OC[C@@H](O)COP(=O)(O)OC[C@@H](COC(=O)CCCCCCCCCCC)OC(=O)CCCCCCCCCCCCC)OC(=O)CCCCCCCCCCCCCCCCCCCCC. The number of carbonyl (C=O) groups excluding carboxylic acids is 4. The van der Waals surface area contributed by atoms with Crippen LogP contribution in [0.1, 0.15) is 374 Å². The first kappa shape index (κ1) is 91.5. The summed E-state index contributed by atoms with van der Waals surface area (Å²) in [6, 6.07) is 0. The van der Waals surface area contributed by atoms with Crippen molar-refractivity contribution in [3.63, 3.8) is 0 Å². The lowest BCUT2D eigenvalue weighted by Crippen LogP contribution is -2.30. The Bertz CT molecular complexity index is 1880. The van der Waals surface area contributed by atoms with E-state index >= 15 is 0 Å². The fourth-order valence-corrected chi connectivity index (χ4v) is 12.6. The van der Waals surface area contributed by atoms with Crippen molar-refractivity contribution >= 4 is 39.5 Å². The fraction of sp³-hybridized carbons (Fsp3) is 0.893. The van der Waals surface area contributed by atoms with Gasteiger partial charge in [-0.05, 0) is 51.4 Å². The third-order valence-electron chi connectivity index (χ3n) is 17.0. The number of carbonyl (C=O) groups is 4. The molecule has 5 atom stereocenters. The molecule has 0 saturated heterocycles. The van der Waals surface area contributed by atoms with E-state index in [4.69, 9.17) is 37.0 Å². The molecule has 0 aliphatic heterocycles. The lowest BCUT2D eigenvalue weighted by Gasteiger charge is -2.21. The van der Waals surface area contributed by atoms with Crippen LogP contribution < -0.4 is 0 Å². The highest BCUT2D eigenvalue weighted by Crippen LogP contribution is 2.45. The van der Waals surface area contributed by atoms with Crippen LogP contribution in [0, 0.1) is 0 Å². The molecule has 0 amide bonds. The van der Waals surface area contributed by atoms with Gasteiger partial charge < -0.3 is 33.8 Å². The zero-order chi connectivity index (χ0) is 69.0. The van der Waals surface area contributed by atoms with Gasteiger partial charge in [0.15, 0.2) is 12.2 Å². The average Bonchev–Trinajstić information content (AvgIpc) is 1.97. The summed E-state index contributed by atoms with van der Waals surface area (Å²) in [5.41, 5.74) is 0. The van der Waals surface area contributed by atoms with Gasteiger partial charge in [-0.25, -0.2) is 9.13 Å². The summed E-state index contributed by atoms with van der Waals surface area (Å²) in [4.78, 5) is 72.6. The first-order chi connectivity index (χ1) is 45.7. The summed E-state index contributed by atoms with van der Waals surface area (Å²) in [5, 5.41) is 10.6. The molecule has 94 heavy (non-hydrogen) atoms. The molecule has 0 aliphatic carbocycles. The van der Waals surface area contributed by atoms with Crippen molar-refractivity contribution in [1.82, 2.24) is 0 Å². The molecular weight excluding hydrogens is 1230 g/mol. The van der Waals surface area contributed by atoms with Gasteiger partial charge >= 0.3 is 39.5 Å². The second kappa shape index (κ2) is 69.0. The monoisotopic (exact) mass is 1380 g/mol. The maximum atomic E-state index is 13.1. The topological polar surface area (TPSA) is 237 Å². The average molecular weight is 1380 g/mol. The molecule has 0 bridgehead atoms. The van der Waals surface area contributed by atoms with Crippen molar-refractivity contribution < 1.29 is 80.2 Å². The second-order valence-electron chi connectivity index (χ2n) is 26.4. The van der Waals surface area contributed by atoms with Crippen molar-refractivity contribution in [3.05, 3.63) is 24.3 Å². The van der Waals surface area contributed by atoms with E-state index in [2.05, 4.69) is 52.0 Å². The van der Waals surface area contributed by atoms with E-state index in [9.17, 15) is 43.2 Å². The van der Waals surface area contributed by atoms with Crippen molar-refractivity contribution in [2.24, 2.45) is 0 Å². The zero-order valence-corrected chi connectivity index (χ0v) is 62.2. The van der Waals surface area contributed by atoms with Crippen LogP contribution in [-0.4, -0.2) is 96.7 Å². The number of aliphatic hydroxyl groups is 1. The predicted molar refractivity (Wildman–Crippen MR) is 381 cm³/mol. The van der Waals surface area contributed by atoms with Crippen LogP contribution in [-0.2, 0) is 65.4 Å². The van der Waals surface area contributed by atoms with Gasteiger partial charge in [0, 0.05) is 25.7 Å². The van der Waals surface area contributed by atoms with Gasteiger partial charge in [-0.15, -0.1) is 0 Å². The highest BCUT2D eigenvalue weighted by atomic mass is 31.2. The molecule has 0 heterocycles. The third-order valence-corrected chi connectivity index (χ3v) is 18.9. The predicted octanol–water partition coefficient (Wildman–Crippen LogP) is 21.8. The number of allylic oxidation sites excluding steroid dienone is 4. The van der Waals surface area contributed by atoms with Crippen LogP contribution in [0.2, 0.25) is 0 Å². The summed E-state index contributed by atoms with van der Waals surface area (Å²) >= 11 is 0. The third kappa shape index (κ3) is 68.1. The summed E-state index contributed by atoms with van der Waals surface area (Å²) in [6.45, 7) is 4.89. The van der Waals surface area contributed by atoms with Gasteiger partial charge in [0.1, 0.15) is 19.3 Å². The summed E-state index contributed by atoms with van der Waals surface area (Å²) < 4.78 is 68.4. The van der Waals surface area contributed by atoms with E-state index < -0.39 is 97.5 Å². The summed E-state index contributed by atoms with van der Waals surface area (Å²) in [7, 11) is -9.91. The zero-order valence-electron chi connectivity index (χ0n) is 60.4. The van der Waals surface area contributed by atoms with Crippen LogP contribution in [0.15, 0.2) is 24.3 Å². The number of unbranched alkanes of at least 4 members (excludes halogenated alkanes) is 45. The standard InChI is InChI=1S/C75H142O17P2/c1-5-9-13-17-21-25-28-30-32-33-34-35-37-39-42-46-50-54-58-62-75(80)92-71(66-86-73(78)60-56-52-48-44-41-38-36-31-29-26-22-18-14-10-6-2)68-90-94(83,84)88-64-69(76)63-87-93(81,82)89-67-70(65-85-72(77)59-55-51-47-43-24-20-16-12-8-4)91-74(79)61-57-53-49-45-40-27-23-19-15-11-7-3/h26,29,31,36,69-71,76H,5-25,27-28,30,32-35,37-68H2,1-4H3,(H,81,82)(H,83,84)/b29-26-,36-31-/t69-,70+,71+/m0/s1. The normalized spacial score (nSPS) is 14.1. The van der Waals surface area contributed by atoms with Gasteiger partial charge in [-0.3, -0.25) is 37.3 Å². The fourth-order valence-electron chi connectivity index (χ4n) is 11.0. The molecular formula is C75H142O17P2. The van der Waals surface area contributed by atoms with E-state index in [0.717, 1.165) is 109 Å². The van der Waals surface area contributed by atoms with Crippen LogP contribution in [0.3, 0.4) is 0 Å². The Morgan fingerprint density at radius 1 is 0.298 bits per heavy atom. The van der Waals surface area contributed by atoms with E-state index in [0.29, 0.717) is 25.7 Å². The molecule has 0 fully saturated rings. The molecule has 3 N–H and O–H groups in total. The molecule has 19 heteroatoms. The lowest BCUT2D eigenvalue weighted by molar-refractivity contribution is -0.161. The van der Waals surface area contributed by atoms with E-state index in [-0.39, 0.29) is 25.7 Å². The van der Waals surface area contributed by atoms with E-state index in [1.54, 1.807) is 0 Å². The molecule has 0 rings (SSSR count). The number of hydrogen-bond donors (Lipinski definition) is 3. The van der Waals surface area contributed by atoms with Crippen molar-refractivity contribution in [2.45, 2.75) is 393 Å². The number of aliphatic hydroxyl groups excluding tert-OH is 1. The molecule has 0 aliphatic rings. The molecule has 0 saturated carbocycles. The molecule has 0 aromatic rings. The molecule has 0 aromatic carbocycles. The first-order valence-electron chi connectivity index (χ1n) is 38.6. The van der Waals surface area contributed by atoms with Crippen LogP contribution >= 0.6 is 15.6 Å². The van der Waals surface area contributed by atoms with Crippen molar-refractivity contribution in [2.75, 3.05) is 39.6 Å². The molecule has 17 nitrogen and oxygen atoms in total. The quantitative estimate of drug-likeness (QED) is 0.0169. The Labute approximate surface area is 573 Å². The van der Waals surface area contributed by atoms with Crippen molar-refractivity contribution in [1.29, 1.82) is 0 Å². The maximum absolute atomic E-state index is 13.1. The van der Waals surface area contributed by atoms with E-state index in [1.807, 2.05) is 0 Å². The largest absolute Gasteiger partial charge is 0.472 e. The minimum atomic E-state index is -4.96. The Hall–Kier alpha value is -2.46.